The Labute approximate surface area is 99.2 Å². The topological polar surface area (TPSA) is 79.2 Å². The summed E-state index contributed by atoms with van der Waals surface area (Å²) in [6, 6.07) is 7.31. The molecule has 0 aromatic heterocycles. The molecule has 4 atom stereocenters. The number of hydrogen-bond donors (Lipinski definition) is 3. The second kappa shape index (κ2) is 5.01. The van der Waals surface area contributed by atoms with Crippen LogP contribution in [0.25, 0.3) is 0 Å². The van der Waals surface area contributed by atoms with Crippen LogP contribution in [0.2, 0.25) is 0 Å². The predicted molar refractivity (Wildman–Crippen MR) is 59.6 cm³/mol. The van der Waals surface area contributed by atoms with E-state index < -0.39 is 24.6 Å². The van der Waals surface area contributed by atoms with Gasteiger partial charge in [0.15, 0.2) is 0 Å². The lowest BCUT2D eigenvalue weighted by atomic mass is 10.1. The van der Waals surface area contributed by atoms with Gasteiger partial charge in [-0.15, -0.1) is 0 Å². The Morgan fingerprint density at radius 1 is 1.24 bits per heavy atom. The molecule has 2 rings (SSSR count). The smallest absolute Gasteiger partial charge is 0.229 e. The SMILES string of the molecule is Cc1ccccc1O[C@@H]1O[C@@H](CO)[C@H](O)[C@@H]1O. The number of aliphatic hydroxyl groups excluding tert-OH is 3. The summed E-state index contributed by atoms with van der Waals surface area (Å²) in [6.45, 7) is 1.52. The van der Waals surface area contributed by atoms with Crippen LogP contribution < -0.4 is 4.74 Å². The lowest BCUT2D eigenvalue weighted by Gasteiger charge is -2.18. The molecule has 3 N–H and O–H groups in total. The summed E-state index contributed by atoms with van der Waals surface area (Å²) in [6.07, 6.45) is -4.05. The van der Waals surface area contributed by atoms with Crippen molar-refractivity contribution in [1.29, 1.82) is 0 Å². The lowest BCUT2D eigenvalue weighted by molar-refractivity contribution is -0.116. The van der Waals surface area contributed by atoms with Gasteiger partial charge in [0.25, 0.3) is 0 Å². The van der Waals surface area contributed by atoms with Gasteiger partial charge in [0, 0.05) is 0 Å². The monoisotopic (exact) mass is 240 g/mol. The van der Waals surface area contributed by atoms with Gasteiger partial charge >= 0.3 is 0 Å². The molecule has 5 nitrogen and oxygen atoms in total. The molecule has 5 heteroatoms. The van der Waals surface area contributed by atoms with E-state index in [9.17, 15) is 10.2 Å². The van der Waals surface area contributed by atoms with Crippen LogP contribution in [0.3, 0.4) is 0 Å². The van der Waals surface area contributed by atoms with Crippen molar-refractivity contribution in [2.75, 3.05) is 6.61 Å². The maximum absolute atomic E-state index is 9.70. The van der Waals surface area contributed by atoms with Crippen LogP contribution in [0.15, 0.2) is 24.3 Å². The Balaban J connectivity index is 2.08. The number of para-hydroxylation sites is 1. The quantitative estimate of drug-likeness (QED) is 0.682. The molecule has 1 aliphatic rings. The average molecular weight is 240 g/mol. The van der Waals surface area contributed by atoms with Crippen LogP contribution in [0.5, 0.6) is 5.75 Å². The molecule has 17 heavy (non-hydrogen) atoms. The third-order valence-corrected chi connectivity index (χ3v) is 2.84. The summed E-state index contributed by atoms with van der Waals surface area (Å²) in [4.78, 5) is 0. The highest BCUT2D eigenvalue weighted by molar-refractivity contribution is 5.31. The van der Waals surface area contributed by atoms with Crippen molar-refractivity contribution in [2.24, 2.45) is 0 Å². The van der Waals surface area contributed by atoms with Gasteiger partial charge in [0.05, 0.1) is 6.61 Å². The normalized spacial score (nSPS) is 32.7. The van der Waals surface area contributed by atoms with Crippen molar-refractivity contribution in [2.45, 2.75) is 31.5 Å². The molecule has 0 amide bonds. The first-order valence-corrected chi connectivity index (χ1v) is 5.48. The van der Waals surface area contributed by atoms with Crippen molar-refractivity contribution < 1.29 is 24.8 Å². The van der Waals surface area contributed by atoms with E-state index in [0.717, 1.165) is 5.56 Å². The third-order valence-electron chi connectivity index (χ3n) is 2.84. The zero-order valence-corrected chi connectivity index (χ0v) is 9.48. The van der Waals surface area contributed by atoms with Gasteiger partial charge in [0.1, 0.15) is 24.1 Å². The molecule has 1 saturated heterocycles. The molecule has 0 unspecified atom stereocenters. The van der Waals surface area contributed by atoms with Crippen molar-refractivity contribution in [3.8, 4) is 5.75 Å². The van der Waals surface area contributed by atoms with Crippen LogP contribution in [0.4, 0.5) is 0 Å². The lowest BCUT2D eigenvalue weighted by Crippen LogP contribution is -2.35. The van der Waals surface area contributed by atoms with E-state index in [4.69, 9.17) is 14.6 Å². The number of rotatable bonds is 3. The fraction of sp³-hybridized carbons (Fsp3) is 0.500. The minimum absolute atomic E-state index is 0.355. The molecule has 1 fully saturated rings. The van der Waals surface area contributed by atoms with Crippen LogP contribution in [0.1, 0.15) is 5.56 Å². The van der Waals surface area contributed by atoms with Crippen molar-refractivity contribution in [3.63, 3.8) is 0 Å². The summed E-state index contributed by atoms with van der Waals surface area (Å²) in [5.41, 5.74) is 0.908. The highest BCUT2D eigenvalue weighted by Gasteiger charge is 2.43. The molecule has 0 spiro atoms. The maximum atomic E-state index is 9.70. The molecule has 0 radical (unpaired) electrons. The number of ether oxygens (including phenoxy) is 2. The summed E-state index contributed by atoms with van der Waals surface area (Å²) in [5, 5.41) is 28.2. The minimum atomic E-state index is -1.16. The molecular formula is C12H16O5. The van der Waals surface area contributed by atoms with Crippen LogP contribution in [-0.4, -0.2) is 46.5 Å². The van der Waals surface area contributed by atoms with Gasteiger partial charge in [-0.3, -0.25) is 0 Å². The molecule has 1 heterocycles. The molecule has 0 aliphatic carbocycles. The van der Waals surface area contributed by atoms with Crippen molar-refractivity contribution in [1.82, 2.24) is 0 Å². The van der Waals surface area contributed by atoms with E-state index in [2.05, 4.69) is 0 Å². The standard InChI is InChI=1S/C12H16O5/c1-7-4-2-3-5-8(7)16-12-11(15)10(14)9(6-13)17-12/h2-5,9-15H,6H2,1H3/t9-,10-,11-,12+/m0/s1. The molecule has 1 aromatic rings. The van der Waals surface area contributed by atoms with Gasteiger partial charge in [-0.05, 0) is 18.6 Å². The Hall–Kier alpha value is -1.14. The van der Waals surface area contributed by atoms with Gasteiger partial charge in [-0.25, -0.2) is 0 Å². The van der Waals surface area contributed by atoms with Crippen molar-refractivity contribution in [3.05, 3.63) is 29.8 Å². The molecule has 1 aliphatic heterocycles. The van der Waals surface area contributed by atoms with Gasteiger partial charge in [-0.1, -0.05) is 18.2 Å². The summed E-state index contributed by atoms with van der Waals surface area (Å²) in [5.74, 6) is 0.585. The number of aryl methyl sites for hydroxylation is 1. The minimum Gasteiger partial charge on any atom is -0.462 e. The number of benzene rings is 1. The molecular weight excluding hydrogens is 224 g/mol. The van der Waals surface area contributed by atoms with E-state index in [1.165, 1.54) is 0 Å². The maximum Gasteiger partial charge on any atom is 0.229 e. The van der Waals surface area contributed by atoms with E-state index in [1.54, 1.807) is 6.07 Å². The van der Waals surface area contributed by atoms with Gasteiger partial charge in [0.2, 0.25) is 6.29 Å². The van der Waals surface area contributed by atoms with E-state index in [0.29, 0.717) is 5.75 Å². The van der Waals surface area contributed by atoms with Gasteiger partial charge in [-0.2, -0.15) is 0 Å². The zero-order valence-electron chi connectivity index (χ0n) is 9.48. The molecule has 94 valence electrons. The average Bonchev–Trinajstić information content (AvgIpc) is 2.60. The Morgan fingerprint density at radius 3 is 2.53 bits per heavy atom. The van der Waals surface area contributed by atoms with E-state index in [-0.39, 0.29) is 6.61 Å². The molecule has 0 saturated carbocycles. The summed E-state index contributed by atoms with van der Waals surface area (Å²) >= 11 is 0. The number of hydrogen-bond acceptors (Lipinski definition) is 5. The van der Waals surface area contributed by atoms with Crippen molar-refractivity contribution >= 4 is 0 Å². The largest absolute Gasteiger partial charge is 0.462 e. The summed E-state index contributed by atoms with van der Waals surface area (Å²) < 4.78 is 10.7. The highest BCUT2D eigenvalue weighted by atomic mass is 16.7. The second-order valence-corrected chi connectivity index (χ2v) is 4.09. The molecule has 1 aromatic carbocycles. The van der Waals surface area contributed by atoms with E-state index in [1.807, 2.05) is 25.1 Å². The first kappa shape index (κ1) is 12.3. The Kier molecular flexibility index (Phi) is 3.63. The van der Waals surface area contributed by atoms with Gasteiger partial charge < -0.3 is 24.8 Å². The fourth-order valence-electron chi connectivity index (χ4n) is 1.78. The Bertz CT molecular complexity index is 381. The summed E-state index contributed by atoms with van der Waals surface area (Å²) in [7, 11) is 0. The Morgan fingerprint density at radius 2 is 1.94 bits per heavy atom. The molecule has 0 bridgehead atoms. The second-order valence-electron chi connectivity index (χ2n) is 4.09. The zero-order chi connectivity index (χ0) is 12.4. The number of aliphatic hydroxyl groups is 3. The fourth-order valence-corrected chi connectivity index (χ4v) is 1.78. The van der Waals surface area contributed by atoms with Crippen LogP contribution in [0, 0.1) is 6.92 Å². The van der Waals surface area contributed by atoms with E-state index >= 15 is 0 Å². The first-order valence-electron chi connectivity index (χ1n) is 5.48. The highest BCUT2D eigenvalue weighted by Crippen LogP contribution is 2.26. The first-order chi connectivity index (χ1) is 8.13. The van der Waals surface area contributed by atoms with Crippen LogP contribution >= 0.6 is 0 Å². The van der Waals surface area contributed by atoms with Crippen LogP contribution in [-0.2, 0) is 4.74 Å². The third kappa shape index (κ3) is 2.42. The predicted octanol–water partition coefficient (Wildman–Crippen LogP) is -0.187.